The van der Waals surface area contributed by atoms with E-state index in [1.165, 1.54) is 0 Å². The van der Waals surface area contributed by atoms with Gasteiger partial charge in [-0.3, -0.25) is 9.69 Å². The highest BCUT2D eigenvalue weighted by Gasteiger charge is 2.29. The van der Waals surface area contributed by atoms with Crippen molar-refractivity contribution in [2.24, 2.45) is 0 Å². The third-order valence-corrected chi connectivity index (χ3v) is 4.25. The van der Waals surface area contributed by atoms with Gasteiger partial charge >= 0.3 is 0 Å². The van der Waals surface area contributed by atoms with Gasteiger partial charge in [0.05, 0.1) is 25.0 Å². The lowest BCUT2D eigenvalue weighted by molar-refractivity contribution is -0.125. The van der Waals surface area contributed by atoms with Crippen LogP contribution in [0.2, 0.25) is 0 Å². The number of carbonyl (C=O) groups is 1. The molecule has 0 spiro atoms. The lowest BCUT2D eigenvalue weighted by Gasteiger charge is -2.32. The quantitative estimate of drug-likeness (QED) is 0.895. The van der Waals surface area contributed by atoms with Crippen molar-refractivity contribution in [3.8, 4) is 5.75 Å². The fraction of sp³-hybridized carbons (Fsp3) is 0.562. The Morgan fingerprint density at radius 3 is 2.82 bits per heavy atom. The summed E-state index contributed by atoms with van der Waals surface area (Å²) >= 11 is 0. The molecule has 6 heteroatoms. The number of nitrogens with zero attached hydrogens (tertiary/aromatic N) is 2. The van der Waals surface area contributed by atoms with Gasteiger partial charge in [-0.1, -0.05) is 6.07 Å². The maximum Gasteiger partial charge on any atom is 0.267 e. The molecule has 2 aliphatic rings. The monoisotopic (exact) mass is 306 g/mol. The Hall–Kier alpha value is -1.63. The van der Waals surface area contributed by atoms with E-state index in [2.05, 4.69) is 4.90 Å². The lowest BCUT2D eigenvalue weighted by Crippen LogP contribution is -2.42. The van der Waals surface area contributed by atoms with Crippen LogP contribution in [-0.2, 0) is 9.53 Å². The Labute approximate surface area is 130 Å². The Balaban J connectivity index is 1.76. The summed E-state index contributed by atoms with van der Waals surface area (Å²) in [5.41, 5.74) is 1.50. The highest BCUT2D eigenvalue weighted by molar-refractivity contribution is 5.99. The molecule has 0 radical (unpaired) electrons. The van der Waals surface area contributed by atoms with Crippen LogP contribution in [0, 0.1) is 0 Å². The van der Waals surface area contributed by atoms with Crippen LogP contribution >= 0.6 is 0 Å². The van der Waals surface area contributed by atoms with Crippen LogP contribution in [0.4, 0.5) is 5.69 Å². The second kappa shape index (κ2) is 6.24. The summed E-state index contributed by atoms with van der Waals surface area (Å²) in [5.74, 6) is 0.601. The van der Waals surface area contributed by atoms with Crippen molar-refractivity contribution in [2.75, 3.05) is 44.8 Å². The van der Waals surface area contributed by atoms with Crippen molar-refractivity contribution < 1.29 is 19.4 Å². The number of β-amino-alcohol motifs (C(OH)–C–C–N with tert-alkyl or cyclic N) is 1. The molecule has 1 fully saturated rings. The molecule has 0 aromatic heterocycles. The molecule has 1 aromatic carbocycles. The van der Waals surface area contributed by atoms with Gasteiger partial charge in [0.2, 0.25) is 0 Å². The first-order chi connectivity index (χ1) is 10.6. The van der Waals surface area contributed by atoms with E-state index in [0.717, 1.165) is 18.7 Å². The summed E-state index contributed by atoms with van der Waals surface area (Å²) in [4.78, 5) is 15.8. The van der Waals surface area contributed by atoms with E-state index < -0.39 is 12.2 Å². The maximum atomic E-state index is 12.0. The molecule has 1 amide bonds. The molecule has 0 aliphatic carbocycles. The number of likely N-dealkylation sites (N-methyl/N-ethyl adjacent to an activating group) is 1. The van der Waals surface area contributed by atoms with E-state index >= 15 is 0 Å². The first-order valence-corrected chi connectivity index (χ1v) is 7.62. The van der Waals surface area contributed by atoms with E-state index in [9.17, 15) is 9.90 Å². The van der Waals surface area contributed by atoms with Gasteiger partial charge in [-0.2, -0.15) is 0 Å². The molecule has 0 saturated carbocycles. The van der Waals surface area contributed by atoms with Crippen LogP contribution in [0.3, 0.4) is 0 Å². The molecule has 22 heavy (non-hydrogen) atoms. The number of carbonyl (C=O) groups excluding carboxylic acids is 1. The minimum absolute atomic E-state index is 0.0766. The van der Waals surface area contributed by atoms with Gasteiger partial charge in [0, 0.05) is 26.7 Å². The van der Waals surface area contributed by atoms with Crippen molar-refractivity contribution in [1.82, 2.24) is 4.90 Å². The molecular weight excluding hydrogens is 284 g/mol. The summed E-state index contributed by atoms with van der Waals surface area (Å²) in [6.45, 7) is 5.39. The van der Waals surface area contributed by atoms with E-state index in [0.29, 0.717) is 31.2 Å². The molecule has 2 heterocycles. The number of benzene rings is 1. The number of hydrogen-bond donors (Lipinski definition) is 1. The summed E-state index contributed by atoms with van der Waals surface area (Å²) in [6, 6.07) is 5.52. The zero-order chi connectivity index (χ0) is 15.7. The summed E-state index contributed by atoms with van der Waals surface area (Å²) in [6.07, 6.45) is -1.06. The summed E-state index contributed by atoms with van der Waals surface area (Å²) < 4.78 is 10.9. The predicted molar refractivity (Wildman–Crippen MR) is 82.2 cm³/mol. The number of morpholine rings is 1. The Kier molecular flexibility index (Phi) is 4.33. The largest absolute Gasteiger partial charge is 0.479 e. The number of hydrogen-bond acceptors (Lipinski definition) is 5. The molecular formula is C16H22N2O4. The molecule has 2 unspecified atom stereocenters. The molecule has 6 nitrogen and oxygen atoms in total. The smallest absolute Gasteiger partial charge is 0.267 e. The highest BCUT2D eigenvalue weighted by Crippen LogP contribution is 2.35. The fourth-order valence-electron chi connectivity index (χ4n) is 2.87. The Bertz CT molecular complexity index is 557. The summed E-state index contributed by atoms with van der Waals surface area (Å²) in [5, 5.41) is 10.5. The standard InChI is InChI=1S/C16H22N2O4/c1-11-16(20)17(2)13-9-12(3-4-15(13)22-11)14(19)10-18-5-7-21-8-6-18/h3-4,9,11,14,19H,5-8,10H2,1-2H3. The molecule has 3 rings (SSSR count). The average molecular weight is 306 g/mol. The highest BCUT2D eigenvalue weighted by atomic mass is 16.5. The Morgan fingerprint density at radius 1 is 1.36 bits per heavy atom. The molecule has 2 aliphatic heterocycles. The van der Waals surface area contributed by atoms with Gasteiger partial charge in [0.1, 0.15) is 5.75 Å². The zero-order valence-corrected chi connectivity index (χ0v) is 13.0. The predicted octanol–water partition coefficient (Wildman–Crippen LogP) is 0.796. The van der Waals surface area contributed by atoms with Crippen LogP contribution in [0.5, 0.6) is 5.75 Å². The van der Waals surface area contributed by atoms with E-state index in [1.54, 1.807) is 18.9 Å². The number of amides is 1. The molecule has 0 bridgehead atoms. The normalized spacial score (nSPS) is 23.9. The molecule has 120 valence electrons. The van der Waals surface area contributed by atoms with Gasteiger partial charge < -0.3 is 19.5 Å². The maximum absolute atomic E-state index is 12.0. The van der Waals surface area contributed by atoms with Crippen molar-refractivity contribution in [3.63, 3.8) is 0 Å². The first kappa shape index (κ1) is 15.3. The minimum atomic E-state index is -0.591. The second-order valence-electron chi connectivity index (χ2n) is 5.81. The van der Waals surface area contributed by atoms with Crippen molar-refractivity contribution in [1.29, 1.82) is 0 Å². The van der Waals surface area contributed by atoms with Crippen molar-refractivity contribution in [3.05, 3.63) is 23.8 Å². The zero-order valence-electron chi connectivity index (χ0n) is 13.0. The van der Waals surface area contributed by atoms with Crippen LogP contribution in [-0.4, -0.2) is 61.9 Å². The van der Waals surface area contributed by atoms with Gasteiger partial charge in [0.15, 0.2) is 6.10 Å². The van der Waals surface area contributed by atoms with E-state index in [-0.39, 0.29) is 5.91 Å². The first-order valence-electron chi connectivity index (χ1n) is 7.62. The number of anilines is 1. The second-order valence-corrected chi connectivity index (χ2v) is 5.81. The molecule has 1 N–H and O–H groups in total. The van der Waals surface area contributed by atoms with Crippen molar-refractivity contribution >= 4 is 11.6 Å². The lowest BCUT2D eigenvalue weighted by atomic mass is 10.1. The van der Waals surface area contributed by atoms with Crippen LogP contribution < -0.4 is 9.64 Å². The Morgan fingerprint density at radius 2 is 2.09 bits per heavy atom. The number of aliphatic hydroxyl groups is 1. The topological polar surface area (TPSA) is 62.2 Å². The molecule has 1 saturated heterocycles. The molecule has 1 aromatic rings. The number of ether oxygens (including phenoxy) is 2. The van der Waals surface area contributed by atoms with Crippen molar-refractivity contribution in [2.45, 2.75) is 19.1 Å². The number of aliphatic hydroxyl groups excluding tert-OH is 1. The average Bonchev–Trinajstić information content (AvgIpc) is 2.53. The SMILES string of the molecule is CC1Oc2ccc(C(O)CN3CCOCC3)cc2N(C)C1=O. The third-order valence-electron chi connectivity index (χ3n) is 4.25. The van der Waals surface area contributed by atoms with Gasteiger partial charge in [-0.25, -0.2) is 0 Å². The third kappa shape index (κ3) is 2.95. The minimum Gasteiger partial charge on any atom is -0.479 e. The number of fused-ring (bicyclic) bond motifs is 1. The van der Waals surface area contributed by atoms with E-state index in [1.807, 2.05) is 18.2 Å². The van der Waals surface area contributed by atoms with Gasteiger partial charge in [-0.05, 0) is 24.6 Å². The van der Waals surface area contributed by atoms with Gasteiger partial charge in [-0.15, -0.1) is 0 Å². The van der Waals surface area contributed by atoms with E-state index in [4.69, 9.17) is 9.47 Å². The van der Waals surface area contributed by atoms with Crippen LogP contribution in [0.15, 0.2) is 18.2 Å². The number of rotatable bonds is 3. The van der Waals surface area contributed by atoms with Crippen LogP contribution in [0.1, 0.15) is 18.6 Å². The summed E-state index contributed by atoms with van der Waals surface area (Å²) in [7, 11) is 1.73. The fourth-order valence-corrected chi connectivity index (χ4v) is 2.87. The van der Waals surface area contributed by atoms with Crippen LogP contribution in [0.25, 0.3) is 0 Å². The van der Waals surface area contributed by atoms with Gasteiger partial charge in [0.25, 0.3) is 5.91 Å². The molecule has 2 atom stereocenters.